The number of nitrogens with zero attached hydrogens (tertiary/aromatic N) is 2. The molecule has 3 rings (SSSR count). The third-order valence-electron chi connectivity index (χ3n) is 4.76. The number of carboxylic acid groups (broad SMARTS) is 1. The monoisotopic (exact) mass is 409 g/mol. The Morgan fingerprint density at radius 3 is 2.67 bits per heavy atom. The van der Waals surface area contributed by atoms with Crippen LogP contribution in [-0.4, -0.2) is 41.3 Å². The van der Waals surface area contributed by atoms with Crippen LogP contribution in [0.1, 0.15) is 31.2 Å². The molecule has 2 aromatic carbocycles. The van der Waals surface area contributed by atoms with Crippen LogP contribution in [-0.2, 0) is 11.2 Å². The molecule has 2 N–H and O–H groups in total. The summed E-state index contributed by atoms with van der Waals surface area (Å²) in [7, 11) is 1.60. The Morgan fingerprint density at radius 2 is 1.90 bits per heavy atom. The minimum atomic E-state index is -0.764. The lowest BCUT2D eigenvalue weighted by molar-refractivity contribution is -0.137. The van der Waals surface area contributed by atoms with E-state index in [9.17, 15) is 4.79 Å². The fraction of sp³-hybridized carbons (Fsp3) is 0.348. The van der Waals surface area contributed by atoms with Gasteiger partial charge in [0.25, 0.3) is 0 Å². The van der Waals surface area contributed by atoms with Gasteiger partial charge in [0.2, 0.25) is 0 Å². The molecule has 0 aliphatic rings. The zero-order valence-electron chi connectivity index (χ0n) is 17.1. The molecule has 0 radical (unpaired) electrons. The minimum Gasteiger partial charge on any atom is -0.493 e. The van der Waals surface area contributed by atoms with Gasteiger partial charge in [-0.25, -0.2) is 9.97 Å². The molecular formula is C23H27N3O4. The molecule has 0 aliphatic heterocycles. The number of hydrogen-bond acceptors (Lipinski definition) is 6. The van der Waals surface area contributed by atoms with E-state index in [1.165, 1.54) is 11.9 Å². The van der Waals surface area contributed by atoms with E-state index < -0.39 is 5.97 Å². The lowest BCUT2D eigenvalue weighted by atomic mass is 10.1. The summed E-state index contributed by atoms with van der Waals surface area (Å²) in [5, 5.41) is 13.0. The number of methoxy groups -OCH3 is 1. The summed E-state index contributed by atoms with van der Waals surface area (Å²) in [5.74, 6) is 1.23. The van der Waals surface area contributed by atoms with Crippen LogP contribution in [0.2, 0.25) is 0 Å². The number of nitrogens with one attached hydrogen (secondary N) is 1. The van der Waals surface area contributed by atoms with E-state index in [1.807, 2.05) is 30.3 Å². The predicted octanol–water partition coefficient (Wildman–Crippen LogP) is 4.32. The van der Waals surface area contributed by atoms with Crippen LogP contribution in [0, 0.1) is 0 Å². The summed E-state index contributed by atoms with van der Waals surface area (Å²) in [6.07, 6.45) is 4.85. The van der Waals surface area contributed by atoms with Crippen LogP contribution in [0.5, 0.6) is 11.5 Å². The van der Waals surface area contributed by atoms with Gasteiger partial charge in [-0.3, -0.25) is 4.79 Å². The first-order valence-corrected chi connectivity index (χ1v) is 10.1. The maximum Gasteiger partial charge on any atom is 0.303 e. The molecule has 1 aromatic heterocycles. The van der Waals surface area contributed by atoms with Gasteiger partial charge in [-0.15, -0.1) is 0 Å². The topological polar surface area (TPSA) is 93.6 Å². The van der Waals surface area contributed by atoms with E-state index in [0.29, 0.717) is 24.5 Å². The van der Waals surface area contributed by atoms with E-state index in [0.717, 1.165) is 42.5 Å². The molecular weight excluding hydrogens is 382 g/mol. The molecule has 3 aromatic rings. The molecule has 0 spiro atoms. The molecule has 0 saturated heterocycles. The van der Waals surface area contributed by atoms with Crippen molar-refractivity contribution in [3.8, 4) is 11.5 Å². The molecule has 0 fully saturated rings. The predicted molar refractivity (Wildman–Crippen MR) is 116 cm³/mol. The van der Waals surface area contributed by atoms with E-state index in [2.05, 4.69) is 27.4 Å². The Bertz CT molecular complexity index is 963. The Morgan fingerprint density at radius 1 is 1.07 bits per heavy atom. The number of carbonyl (C=O) groups is 1. The summed E-state index contributed by atoms with van der Waals surface area (Å²) < 4.78 is 11.4. The summed E-state index contributed by atoms with van der Waals surface area (Å²) in [6, 6.07) is 14.0. The second-order valence-electron chi connectivity index (χ2n) is 6.96. The number of carboxylic acids is 1. The summed E-state index contributed by atoms with van der Waals surface area (Å²) in [6.45, 7) is 1.24. The zero-order chi connectivity index (χ0) is 21.2. The average molecular weight is 409 g/mol. The van der Waals surface area contributed by atoms with Gasteiger partial charge in [0.15, 0.2) is 11.5 Å². The van der Waals surface area contributed by atoms with Gasteiger partial charge in [0, 0.05) is 24.4 Å². The standard InChI is InChI=1S/C23H27N3O4/c1-29-20-15-19-18(14-21(20)30-13-7-3-6-10-22(27)28)23(26-16-25-19)24-12-11-17-8-4-2-5-9-17/h2,4-5,8-9,14-16H,3,6-7,10-13H2,1H3,(H,27,28)(H,24,25,26). The van der Waals surface area contributed by atoms with Gasteiger partial charge < -0.3 is 19.9 Å². The normalized spacial score (nSPS) is 10.7. The molecule has 0 bridgehead atoms. The molecule has 30 heavy (non-hydrogen) atoms. The third kappa shape index (κ3) is 6.07. The Balaban J connectivity index is 1.66. The molecule has 0 saturated carbocycles. The van der Waals surface area contributed by atoms with Crippen LogP contribution >= 0.6 is 0 Å². The molecule has 158 valence electrons. The highest BCUT2D eigenvalue weighted by Crippen LogP contribution is 2.34. The molecule has 7 heteroatoms. The van der Waals surface area contributed by atoms with Crippen molar-refractivity contribution in [2.45, 2.75) is 32.1 Å². The highest BCUT2D eigenvalue weighted by Gasteiger charge is 2.11. The van der Waals surface area contributed by atoms with Gasteiger partial charge >= 0.3 is 5.97 Å². The van der Waals surface area contributed by atoms with E-state index in [4.69, 9.17) is 14.6 Å². The first-order chi connectivity index (χ1) is 14.7. The van der Waals surface area contributed by atoms with Crippen molar-refractivity contribution in [3.05, 3.63) is 54.4 Å². The second-order valence-corrected chi connectivity index (χ2v) is 6.96. The SMILES string of the molecule is COc1cc2ncnc(NCCc3ccccc3)c2cc1OCCCCCC(=O)O. The number of fused-ring (bicyclic) bond motifs is 1. The molecule has 1 heterocycles. The molecule has 0 amide bonds. The lowest BCUT2D eigenvalue weighted by Crippen LogP contribution is -2.07. The summed E-state index contributed by atoms with van der Waals surface area (Å²) in [4.78, 5) is 19.3. The van der Waals surface area contributed by atoms with Gasteiger partial charge in [-0.05, 0) is 37.3 Å². The van der Waals surface area contributed by atoms with Crippen molar-refractivity contribution in [2.75, 3.05) is 25.6 Å². The molecule has 7 nitrogen and oxygen atoms in total. The van der Waals surface area contributed by atoms with E-state index >= 15 is 0 Å². The van der Waals surface area contributed by atoms with Gasteiger partial charge in [-0.2, -0.15) is 0 Å². The summed E-state index contributed by atoms with van der Waals surface area (Å²) >= 11 is 0. The van der Waals surface area contributed by atoms with Crippen molar-refractivity contribution in [1.82, 2.24) is 9.97 Å². The van der Waals surface area contributed by atoms with E-state index in [1.54, 1.807) is 7.11 Å². The fourth-order valence-corrected chi connectivity index (χ4v) is 3.18. The number of ether oxygens (including phenoxy) is 2. The quantitative estimate of drug-likeness (QED) is 0.430. The number of unbranched alkanes of at least 4 members (excludes halogenated alkanes) is 2. The van der Waals surface area contributed by atoms with Crippen molar-refractivity contribution in [2.24, 2.45) is 0 Å². The number of benzene rings is 2. The van der Waals surface area contributed by atoms with Crippen molar-refractivity contribution >= 4 is 22.7 Å². The summed E-state index contributed by atoms with van der Waals surface area (Å²) in [5.41, 5.74) is 2.04. The smallest absolute Gasteiger partial charge is 0.303 e. The first-order valence-electron chi connectivity index (χ1n) is 10.1. The van der Waals surface area contributed by atoms with E-state index in [-0.39, 0.29) is 6.42 Å². The Hall–Kier alpha value is -3.35. The largest absolute Gasteiger partial charge is 0.493 e. The number of rotatable bonds is 12. The van der Waals surface area contributed by atoms with Crippen LogP contribution < -0.4 is 14.8 Å². The molecule has 0 unspecified atom stereocenters. The third-order valence-corrected chi connectivity index (χ3v) is 4.76. The highest BCUT2D eigenvalue weighted by atomic mass is 16.5. The average Bonchev–Trinajstić information content (AvgIpc) is 2.76. The maximum absolute atomic E-state index is 10.6. The Labute approximate surface area is 176 Å². The molecule has 0 aliphatic carbocycles. The highest BCUT2D eigenvalue weighted by molar-refractivity contribution is 5.91. The van der Waals surface area contributed by atoms with Crippen molar-refractivity contribution < 1.29 is 19.4 Å². The van der Waals surface area contributed by atoms with Gasteiger partial charge in [0.05, 0.1) is 19.2 Å². The number of hydrogen-bond donors (Lipinski definition) is 2. The van der Waals surface area contributed by atoms with Gasteiger partial charge in [-0.1, -0.05) is 30.3 Å². The maximum atomic E-state index is 10.6. The van der Waals surface area contributed by atoms with Crippen molar-refractivity contribution in [3.63, 3.8) is 0 Å². The zero-order valence-corrected chi connectivity index (χ0v) is 17.1. The van der Waals surface area contributed by atoms with Crippen LogP contribution in [0.25, 0.3) is 10.9 Å². The fourth-order valence-electron chi connectivity index (χ4n) is 3.18. The second kappa shape index (κ2) is 11.0. The van der Waals surface area contributed by atoms with Crippen molar-refractivity contribution in [1.29, 1.82) is 0 Å². The number of aromatic nitrogens is 2. The first kappa shape index (κ1) is 21.4. The minimum absolute atomic E-state index is 0.189. The lowest BCUT2D eigenvalue weighted by Gasteiger charge is -2.14. The number of aliphatic carboxylic acids is 1. The number of anilines is 1. The molecule has 0 atom stereocenters. The van der Waals surface area contributed by atoms with Crippen LogP contribution in [0.15, 0.2) is 48.8 Å². The van der Waals surface area contributed by atoms with Crippen LogP contribution in [0.4, 0.5) is 5.82 Å². The van der Waals surface area contributed by atoms with Crippen LogP contribution in [0.3, 0.4) is 0 Å². The van der Waals surface area contributed by atoms with Gasteiger partial charge in [0.1, 0.15) is 12.1 Å². The Kier molecular flexibility index (Phi) is 7.83.